The van der Waals surface area contributed by atoms with Crippen molar-refractivity contribution >= 4 is 18.0 Å². The number of cyclic esters (lactones) is 1. The number of carboxylic acid groups (broad SMARTS) is 1. The van der Waals surface area contributed by atoms with Gasteiger partial charge in [0.05, 0.1) is 0 Å². The molecule has 1 aromatic carbocycles. The normalized spacial score (nSPS) is 21.8. The van der Waals surface area contributed by atoms with Crippen LogP contribution in [0.5, 0.6) is 0 Å². The lowest BCUT2D eigenvalue weighted by atomic mass is 9.94. The van der Waals surface area contributed by atoms with Gasteiger partial charge in [0.15, 0.2) is 0 Å². The molecule has 1 N–H and O–H groups in total. The number of carboxylic acids is 1. The molecule has 21 heavy (non-hydrogen) atoms. The van der Waals surface area contributed by atoms with Crippen LogP contribution < -0.4 is 0 Å². The molecule has 0 aromatic heterocycles. The van der Waals surface area contributed by atoms with Gasteiger partial charge in [-0.3, -0.25) is 4.79 Å². The highest BCUT2D eigenvalue weighted by molar-refractivity contribution is 5.97. The quantitative estimate of drug-likeness (QED) is 0.669. The van der Waals surface area contributed by atoms with E-state index >= 15 is 0 Å². The molecule has 0 spiro atoms. The Morgan fingerprint density at radius 3 is 2.90 bits per heavy atom. The minimum absolute atomic E-state index is 0.0124. The number of hydrogen-bond acceptors (Lipinski definition) is 3. The minimum Gasteiger partial charge on any atom is -0.481 e. The van der Waals surface area contributed by atoms with Crippen LogP contribution in [0.3, 0.4) is 0 Å². The lowest BCUT2D eigenvalue weighted by Gasteiger charge is -2.12. The third kappa shape index (κ3) is 3.56. The highest BCUT2D eigenvalue weighted by Crippen LogP contribution is 2.29. The molecule has 1 saturated heterocycles. The maximum absolute atomic E-state index is 13.0. The molecular formula is C16H15FO4. The molecule has 2 atom stereocenters. The molecule has 0 saturated carbocycles. The number of allylic oxidation sites excluding steroid dienone is 1. The average molecular weight is 290 g/mol. The number of rotatable bonds is 5. The number of carbonyl (C=O) groups is 2. The van der Waals surface area contributed by atoms with Crippen LogP contribution in [-0.2, 0) is 14.3 Å². The molecule has 1 aromatic rings. The van der Waals surface area contributed by atoms with Crippen molar-refractivity contribution < 1.29 is 23.8 Å². The Balaban J connectivity index is 1.92. The standard InChI is InChI=1S/C16H15FO4/c1-10-14(15(18)19)13(21-16(10)20)8-3-2-5-11-6-4-7-12(17)9-11/h2,4-7,9,13-14H,1,3,8H2,(H,18,19)/t13-,14+/m1/s1. The van der Waals surface area contributed by atoms with Crippen LogP contribution in [0.1, 0.15) is 18.4 Å². The van der Waals surface area contributed by atoms with Gasteiger partial charge in [0.25, 0.3) is 0 Å². The van der Waals surface area contributed by atoms with Crippen molar-refractivity contribution in [3.8, 4) is 0 Å². The zero-order chi connectivity index (χ0) is 15.4. The number of ether oxygens (including phenoxy) is 1. The molecule has 1 aliphatic heterocycles. The summed E-state index contributed by atoms with van der Waals surface area (Å²) in [6.07, 6.45) is 3.74. The Kier molecular flexibility index (Phi) is 4.52. The highest BCUT2D eigenvalue weighted by Gasteiger charge is 2.42. The monoisotopic (exact) mass is 290 g/mol. The van der Waals surface area contributed by atoms with E-state index in [4.69, 9.17) is 9.84 Å². The molecule has 1 aliphatic rings. The number of benzene rings is 1. The van der Waals surface area contributed by atoms with E-state index in [1.165, 1.54) is 12.1 Å². The van der Waals surface area contributed by atoms with E-state index in [9.17, 15) is 14.0 Å². The van der Waals surface area contributed by atoms with Gasteiger partial charge in [0.1, 0.15) is 17.8 Å². The van der Waals surface area contributed by atoms with Crippen LogP contribution in [0.2, 0.25) is 0 Å². The number of hydrogen-bond donors (Lipinski definition) is 1. The summed E-state index contributed by atoms with van der Waals surface area (Å²) in [7, 11) is 0. The number of aliphatic carboxylic acids is 1. The molecule has 1 heterocycles. The Morgan fingerprint density at radius 2 is 2.24 bits per heavy atom. The van der Waals surface area contributed by atoms with Crippen LogP contribution in [0, 0.1) is 11.7 Å². The number of halogens is 1. The Labute approximate surface area is 121 Å². The van der Waals surface area contributed by atoms with Crippen LogP contribution in [0.25, 0.3) is 6.08 Å². The number of esters is 1. The average Bonchev–Trinajstić information content (AvgIpc) is 2.70. The second-order valence-corrected chi connectivity index (χ2v) is 4.82. The van der Waals surface area contributed by atoms with Gasteiger partial charge in [-0.2, -0.15) is 0 Å². The first kappa shape index (κ1) is 15.0. The van der Waals surface area contributed by atoms with E-state index < -0.39 is 24.0 Å². The lowest BCUT2D eigenvalue weighted by Crippen LogP contribution is -2.24. The molecule has 2 rings (SSSR count). The topological polar surface area (TPSA) is 63.6 Å². The van der Waals surface area contributed by atoms with Crippen molar-refractivity contribution in [2.45, 2.75) is 18.9 Å². The summed E-state index contributed by atoms with van der Waals surface area (Å²) in [4.78, 5) is 22.5. The van der Waals surface area contributed by atoms with Crippen molar-refractivity contribution in [3.63, 3.8) is 0 Å². The zero-order valence-electron chi connectivity index (χ0n) is 11.3. The third-order valence-electron chi connectivity index (χ3n) is 3.31. The van der Waals surface area contributed by atoms with Gasteiger partial charge < -0.3 is 9.84 Å². The summed E-state index contributed by atoms with van der Waals surface area (Å²) in [5, 5.41) is 9.08. The first-order valence-corrected chi connectivity index (χ1v) is 6.53. The van der Waals surface area contributed by atoms with Gasteiger partial charge in [-0.15, -0.1) is 0 Å². The Morgan fingerprint density at radius 1 is 1.48 bits per heavy atom. The predicted octanol–water partition coefficient (Wildman–Crippen LogP) is 2.80. The molecule has 5 heteroatoms. The molecule has 0 unspecified atom stereocenters. The molecule has 0 amide bonds. The van der Waals surface area contributed by atoms with Gasteiger partial charge in [-0.05, 0) is 30.5 Å². The molecule has 0 radical (unpaired) electrons. The second kappa shape index (κ2) is 6.35. The van der Waals surface area contributed by atoms with Crippen LogP contribution >= 0.6 is 0 Å². The smallest absolute Gasteiger partial charge is 0.334 e. The van der Waals surface area contributed by atoms with Crippen molar-refractivity contribution in [3.05, 3.63) is 53.9 Å². The van der Waals surface area contributed by atoms with E-state index in [0.29, 0.717) is 12.8 Å². The second-order valence-electron chi connectivity index (χ2n) is 4.82. The summed E-state index contributed by atoms with van der Waals surface area (Å²) in [5.41, 5.74) is 0.708. The first-order valence-electron chi connectivity index (χ1n) is 6.53. The first-order chi connectivity index (χ1) is 9.99. The van der Waals surface area contributed by atoms with Crippen LogP contribution in [0.4, 0.5) is 4.39 Å². The molecular weight excluding hydrogens is 275 g/mol. The van der Waals surface area contributed by atoms with Crippen molar-refractivity contribution in [2.75, 3.05) is 0 Å². The summed E-state index contributed by atoms with van der Waals surface area (Å²) >= 11 is 0. The summed E-state index contributed by atoms with van der Waals surface area (Å²) in [6.45, 7) is 3.46. The van der Waals surface area contributed by atoms with Gasteiger partial charge in [0.2, 0.25) is 0 Å². The Bertz CT molecular complexity index is 606. The van der Waals surface area contributed by atoms with E-state index in [1.807, 2.05) is 0 Å². The lowest BCUT2D eigenvalue weighted by molar-refractivity contribution is -0.144. The SMILES string of the molecule is C=C1C(=O)O[C@H](CCC=Cc2cccc(F)c2)[C@H]1C(=O)O. The number of carbonyl (C=O) groups excluding carboxylic acids is 1. The molecule has 0 aliphatic carbocycles. The van der Waals surface area contributed by atoms with Crippen molar-refractivity contribution in [2.24, 2.45) is 5.92 Å². The van der Waals surface area contributed by atoms with E-state index in [-0.39, 0.29) is 11.4 Å². The molecule has 0 bridgehead atoms. The fraction of sp³-hybridized carbons (Fsp3) is 0.250. The Hall–Kier alpha value is -2.43. The van der Waals surface area contributed by atoms with Gasteiger partial charge in [0, 0.05) is 5.57 Å². The third-order valence-corrected chi connectivity index (χ3v) is 3.31. The fourth-order valence-corrected chi connectivity index (χ4v) is 2.26. The minimum atomic E-state index is -1.11. The summed E-state index contributed by atoms with van der Waals surface area (Å²) in [5.74, 6) is -3.06. The molecule has 110 valence electrons. The maximum atomic E-state index is 13.0. The maximum Gasteiger partial charge on any atom is 0.334 e. The highest BCUT2D eigenvalue weighted by atomic mass is 19.1. The van der Waals surface area contributed by atoms with Crippen molar-refractivity contribution in [1.82, 2.24) is 0 Å². The zero-order valence-corrected chi connectivity index (χ0v) is 11.3. The molecule has 1 fully saturated rings. The largest absolute Gasteiger partial charge is 0.481 e. The van der Waals surface area contributed by atoms with Crippen LogP contribution in [0.15, 0.2) is 42.5 Å². The van der Waals surface area contributed by atoms with Gasteiger partial charge in [-0.25, -0.2) is 9.18 Å². The van der Waals surface area contributed by atoms with E-state index in [2.05, 4.69) is 6.58 Å². The van der Waals surface area contributed by atoms with E-state index in [1.54, 1.807) is 24.3 Å². The van der Waals surface area contributed by atoms with Crippen LogP contribution in [-0.4, -0.2) is 23.1 Å². The van der Waals surface area contributed by atoms with E-state index in [0.717, 1.165) is 5.56 Å². The summed E-state index contributed by atoms with van der Waals surface area (Å²) < 4.78 is 18.0. The fourth-order valence-electron chi connectivity index (χ4n) is 2.26. The van der Waals surface area contributed by atoms with Gasteiger partial charge in [-0.1, -0.05) is 30.9 Å². The summed E-state index contributed by atoms with van der Waals surface area (Å²) in [6, 6.07) is 6.13. The molecule has 4 nitrogen and oxygen atoms in total. The van der Waals surface area contributed by atoms with Crippen molar-refractivity contribution in [1.29, 1.82) is 0 Å². The predicted molar refractivity (Wildman–Crippen MR) is 74.8 cm³/mol. The van der Waals surface area contributed by atoms with Gasteiger partial charge >= 0.3 is 11.9 Å².